The van der Waals surface area contributed by atoms with Gasteiger partial charge in [-0.05, 0) is 62.0 Å². The fourth-order valence-corrected chi connectivity index (χ4v) is 5.59. The van der Waals surface area contributed by atoms with Crippen molar-refractivity contribution >= 4 is 17.5 Å². The van der Waals surface area contributed by atoms with Gasteiger partial charge >= 0.3 is 0 Å². The number of rotatable bonds is 7. The largest absolute Gasteiger partial charge is 0.337 e. The summed E-state index contributed by atoms with van der Waals surface area (Å²) in [5.74, 6) is 0.880. The molecule has 0 saturated carbocycles. The number of hydrogen-bond acceptors (Lipinski definition) is 4. The quantitative estimate of drug-likeness (QED) is 0.559. The SMILES string of the molecule is CC(C)CN1CCCN(C(=O)Cc2ccccc2)c2ccccc2CN(C(=O)CCN2CCCC2)CC1. The lowest BCUT2D eigenvalue weighted by atomic mass is 10.1. The van der Waals surface area contributed by atoms with Gasteiger partial charge in [0.2, 0.25) is 11.8 Å². The number of likely N-dealkylation sites (tertiary alicyclic amines) is 1. The third-order valence-corrected chi connectivity index (χ3v) is 7.50. The van der Waals surface area contributed by atoms with Crippen LogP contribution in [-0.4, -0.2) is 78.9 Å². The second-order valence-electron chi connectivity index (χ2n) is 11.0. The van der Waals surface area contributed by atoms with E-state index in [0.29, 0.717) is 31.8 Å². The molecule has 6 nitrogen and oxygen atoms in total. The standard InChI is InChI=1S/C31H44N4O2/c1-26(2)24-33-18-10-19-35(31(37)23-27-11-4-3-5-12-27)29-14-7-6-13-28(29)25-34(22-21-33)30(36)15-20-32-16-8-9-17-32/h3-7,11-14,26H,8-10,15-25H2,1-2H3. The van der Waals surface area contributed by atoms with Crippen molar-refractivity contribution in [2.45, 2.75) is 52.5 Å². The van der Waals surface area contributed by atoms with E-state index in [2.05, 4.69) is 35.8 Å². The van der Waals surface area contributed by atoms with Crippen LogP contribution in [0.25, 0.3) is 0 Å². The van der Waals surface area contributed by atoms with Crippen LogP contribution in [0, 0.1) is 5.92 Å². The Balaban J connectivity index is 1.57. The van der Waals surface area contributed by atoms with Gasteiger partial charge in [-0.25, -0.2) is 0 Å². The number of nitrogens with zero attached hydrogens (tertiary/aromatic N) is 4. The zero-order valence-corrected chi connectivity index (χ0v) is 22.8. The average molecular weight is 505 g/mol. The predicted molar refractivity (Wildman–Crippen MR) is 151 cm³/mol. The summed E-state index contributed by atoms with van der Waals surface area (Å²) in [7, 11) is 0. The molecule has 200 valence electrons. The Morgan fingerprint density at radius 1 is 0.757 bits per heavy atom. The molecule has 0 atom stereocenters. The van der Waals surface area contributed by atoms with E-state index in [1.807, 2.05) is 52.3 Å². The Hall–Kier alpha value is -2.70. The molecule has 2 amide bonds. The smallest absolute Gasteiger partial charge is 0.231 e. The number of carbonyl (C=O) groups is 2. The minimum atomic E-state index is 0.111. The molecule has 2 aliphatic rings. The van der Waals surface area contributed by atoms with Crippen molar-refractivity contribution < 1.29 is 9.59 Å². The maximum Gasteiger partial charge on any atom is 0.231 e. The molecule has 2 aromatic carbocycles. The molecule has 2 heterocycles. The van der Waals surface area contributed by atoms with Crippen LogP contribution in [0.4, 0.5) is 5.69 Å². The third kappa shape index (κ3) is 8.14. The van der Waals surface area contributed by atoms with Crippen molar-refractivity contribution in [1.82, 2.24) is 14.7 Å². The Morgan fingerprint density at radius 3 is 2.22 bits per heavy atom. The maximum atomic E-state index is 13.6. The van der Waals surface area contributed by atoms with Gasteiger partial charge in [0.15, 0.2) is 0 Å². The Kier molecular flexibility index (Phi) is 10.1. The van der Waals surface area contributed by atoms with Crippen molar-refractivity contribution in [3.05, 3.63) is 65.7 Å². The lowest BCUT2D eigenvalue weighted by molar-refractivity contribution is -0.132. The van der Waals surface area contributed by atoms with Crippen LogP contribution in [0.1, 0.15) is 50.7 Å². The minimum Gasteiger partial charge on any atom is -0.337 e. The van der Waals surface area contributed by atoms with Crippen LogP contribution in [0.3, 0.4) is 0 Å². The van der Waals surface area contributed by atoms with E-state index < -0.39 is 0 Å². The van der Waals surface area contributed by atoms with E-state index >= 15 is 0 Å². The number of hydrogen-bond donors (Lipinski definition) is 0. The molecule has 0 aromatic heterocycles. The number of para-hydroxylation sites is 1. The fourth-order valence-electron chi connectivity index (χ4n) is 5.59. The minimum absolute atomic E-state index is 0.111. The monoisotopic (exact) mass is 504 g/mol. The topological polar surface area (TPSA) is 47.1 Å². The molecule has 0 bridgehead atoms. The Labute approximate surface area is 223 Å². The average Bonchev–Trinajstić information content (AvgIpc) is 3.40. The second kappa shape index (κ2) is 13.7. The summed E-state index contributed by atoms with van der Waals surface area (Å²) in [5.41, 5.74) is 3.02. The fraction of sp³-hybridized carbons (Fsp3) is 0.548. The molecule has 2 aliphatic heterocycles. The van der Waals surface area contributed by atoms with Gasteiger partial charge in [-0.1, -0.05) is 62.4 Å². The first-order chi connectivity index (χ1) is 18.0. The van der Waals surface area contributed by atoms with Gasteiger partial charge < -0.3 is 19.6 Å². The summed E-state index contributed by atoms with van der Waals surface area (Å²) >= 11 is 0. The normalized spacial score (nSPS) is 18.0. The van der Waals surface area contributed by atoms with Gasteiger partial charge in [0.25, 0.3) is 0 Å². The molecule has 0 radical (unpaired) electrons. The van der Waals surface area contributed by atoms with E-state index in [0.717, 1.165) is 69.0 Å². The van der Waals surface area contributed by atoms with Crippen LogP contribution in [0.5, 0.6) is 0 Å². The molecule has 0 aliphatic carbocycles. The van der Waals surface area contributed by atoms with Crippen molar-refractivity contribution in [3.8, 4) is 0 Å². The van der Waals surface area contributed by atoms with Crippen molar-refractivity contribution in [1.29, 1.82) is 0 Å². The zero-order valence-electron chi connectivity index (χ0n) is 22.8. The molecule has 37 heavy (non-hydrogen) atoms. The van der Waals surface area contributed by atoms with Gasteiger partial charge in [0, 0.05) is 51.4 Å². The molecule has 0 spiro atoms. The predicted octanol–water partition coefficient (Wildman–Crippen LogP) is 4.44. The van der Waals surface area contributed by atoms with Gasteiger partial charge in [-0.2, -0.15) is 0 Å². The van der Waals surface area contributed by atoms with Crippen molar-refractivity contribution in [3.63, 3.8) is 0 Å². The molecule has 1 saturated heterocycles. The van der Waals surface area contributed by atoms with Gasteiger partial charge in [0.05, 0.1) is 6.42 Å². The molecular formula is C31H44N4O2. The zero-order chi connectivity index (χ0) is 26.0. The molecular weight excluding hydrogens is 460 g/mol. The Bertz CT molecular complexity index is 1000. The highest BCUT2D eigenvalue weighted by molar-refractivity contribution is 5.95. The van der Waals surface area contributed by atoms with E-state index in [1.54, 1.807) is 0 Å². The summed E-state index contributed by atoms with van der Waals surface area (Å²) in [6.07, 6.45) is 4.32. The number of fused-ring (bicyclic) bond motifs is 1. The highest BCUT2D eigenvalue weighted by atomic mass is 16.2. The van der Waals surface area contributed by atoms with E-state index in [4.69, 9.17) is 0 Å². The van der Waals surface area contributed by atoms with Gasteiger partial charge in [0.1, 0.15) is 0 Å². The summed E-state index contributed by atoms with van der Waals surface area (Å²) < 4.78 is 0. The first-order valence-corrected chi connectivity index (χ1v) is 14.1. The lowest BCUT2D eigenvalue weighted by Crippen LogP contribution is -2.40. The summed E-state index contributed by atoms with van der Waals surface area (Å²) in [6, 6.07) is 18.1. The molecule has 1 fully saturated rings. The molecule has 0 unspecified atom stereocenters. The molecule has 6 heteroatoms. The number of anilines is 1. The van der Waals surface area contributed by atoms with Crippen LogP contribution < -0.4 is 4.90 Å². The summed E-state index contributed by atoms with van der Waals surface area (Å²) in [5, 5.41) is 0. The maximum absolute atomic E-state index is 13.6. The Morgan fingerprint density at radius 2 is 1.46 bits per heavy atom. The van der Waals surface area contributed by atoms with Gasteiger partial charge in [-0.15, -0.1) is 0 Å². The van der Waals surface area contributed by atoms with E-state index in [9.17, 15) is 9.59 Å². The molecule has 0 N–H and O–H groups in total. The van der Waals surface area contributed by atoms with Gasteiger partial charge in [-0.3, -0.25) is 9.59 Å². The highest BCUT2D eigenvalue weighted by Crippen LogP contribution is 2.25. The highest BCUT2D eigenvalue weighted by Gasteiger charge is 2.24. The number of amides is 2. The van der Waals surface area contributed by atoms with Crippen LogP contribution >= 0.6 is 0 Å². The van der Waals surface area contributed by atoms with Crippen LogP contribution in [0.15, 0.2) is 54.6 Å². The van der Waals surface area contributed by atoms with E-state index in [-0.39, 0.29) is 11.8 Å². The first-order valence-electron chi connectivity index (χ1n) is 14.1. The lowest BCUT2D eigenvalue weighted by Gasteiger charge is -2.29. The second-order valence-corrected chi connectivity index (χ2v) is 11.0. The number of benzene rings is 2. The van der Waals surface area contributed by atoms with Crippen LogP contribution in [0.2, 0.25) is 0 Å². The van der Waals surface area contributed by atoms with Crippen molar-refractivity contribution in [2.75, 3.05) is 57.3 Å². The molecule has 4 rings (SSSR count). The first kappa shape index (κ1) is 27.3. The summed E-state index contributed by atoms with van der Waals surface area (Å²) in [6.45, 7) is 12.3. The van der Waals surface area contributed by atoms with Crippen LogP contribution in [-0.2, 0) is 22.6 Å². The molecule has 2 aromatic rings. The van der Waals surface area contributed by atoms with Crippen molar-refractivity contribution in [2.24, 2.45) is 5.92 Å². The third-order valence-electron chi connectivity index (χ3n) is 7.50. The van der Waals surface area contributed by atoms with E-state index in [1.165, 1.54) is 12.8 Å². The summed E-state index contributed by atoms with van der Waals surface area (Å²) in [4.78, 5) is 36.0. The number of carbonyl (C=O) groups excluding carboxylic acids is 2.